The van der Waals surface area contributed by atoms with Crippen LogP contribution >= 0.6 is 0 Å². The highest BCUT2D eigenvalue weighted by molar-refractivity contribution is 5.41. The molecule has 0 saturated carbocycles. The molecule has 0 N–H and O–H groups in total. The fraction of sp³-hybridized carbons (Fsp3) is 0.250. The summed E-state index contributed by atoms with van der Waals surface area (Å²) in [6, 6.07) is 4.51. The highest BCUT2D eigenvalue weighted by atomic mass is 14.1. The second-order valence-corrected chi connectivity index (χ2v) is 4.02. The van der Waals surface area contributed by atoms with Gasteiger partial charge in [-0.2, -0.15) is 0 Å². The maximum Gasteiger partial charge on any atom is -0.00973 e. The minimum atomic E-state index is 0.925. The van der Waals surface area contributed by atoms with E-state index in [1.807, 2.05) is 18.2 Å². The molecule has 0 radical (unpaired) electrons. The zero-order valence-electron chi connectivity index (χ0n) is 10.1. The molecule has 0 heterocycles. The van der Waals surface area contributed by atoms with Gasteiger partial charge in [0.25, 0.3) is 0 Å². The topological polar surface area (TPSA) is 0 Å². The van der Waals surface area contributed by atoms with E-state index in [4.69, 9.17) is 0 Å². The van der Waals surface area contributed by atoms with Crippen LogP contribution in [0.2, 0.25) is 0 Å². The molecule has 0 unspecified atom stereocenters. The van der Waals surface area contributed by atoms with Crippen LogP contribution in [0.25, 0.3) is 0 Å². The van der Waals surface area contributed by atoms with Gasteiger partial charge in [-0.25, -0.2) is 0 Å². The first-order chi connectivity index (χ1) is 7.72. The number of allylic oxidation sites excluding steroid dienone is 3. The van der Waals surface area contributed by atoms with Crippen molar-refractivity contribution in [3.63, 3.8) is 0 Å². The molecule has 1 aromatic carbocycles. The van der Waals surface area contributed by atoms with E-state index in [-0.39, 0.29) is 0 Å². The van der Waals surface area contributed by atoms with Crippen LogP contribution in [0.1, 0.15) is 22.3 Å². The number of hydrogen-bond donors (Lipinski definition) is 0. The number of hydrogen-bond acceptors (Lipinski definition) is 0. The van der Waals surface area contributed by atoms with E-state index in [1.165, 1.54) is 22.3 Å². The van der Waals surface area contributed by atoms with Crippen molar-refractivity contribution in [3.05, 3.63) is 72.4 Å². The van der Waals surface area contributed by atoms with Crippen LogP contribution in [-0.4, -0.2) is 0 Å². The standard InChI is InChI=1S/C16H20/c1-5-8-14-11-15(9-6-2)13(4)16(12-14)10-7-3/h5-7,11-12H,1-3,8-10H2,4H3. The van der Waals surface area contributed by atoms with Gasteiger partial charge in [0, 0.05) is 0 Å². The van der Waals surface area contributed by atoms with Gasteiger partial charge < -0.3 is 0 Å². The summed E-state index contributed by atoms with van der Waals surface area (Å²) in [6.45, 7) is 13.6. The van der Waals surface area contributed by atoms with Crippen molar-refractivity contribution in [2.75, 3.05) is 0 Å². The second kappa shape index (κ2) is 6.12. The van der Waals surface area contributed by atoms with E-state index in [2.05, 4.69) is 38.8 Å². The average Bonchev–Trinajstić information content (AvgIpc) is 2.26. The third-order valence-electron chi connectivity index (χ3n) is 2.79. The SMILES string of the molecule is C=CCc1cc(CC=C)c(C)c(CC=C)c1. The molecule has 0 spiro atoms. The van der Waals surface area contributed by atoms with Gasteiger partial charge >= 0.3 is 0 Å². The lowest BCUT2D eigenvalue weighted by atomic mass is 9.94. The molecule has 0 heteroatoms. The molecule has 0 amide bonds. The fourth-order valence-electron chi connectivity index (χ4n) is 1.93. The monoisotopic (exact) mass is 212 g/mol. The van der Waals surface area contributed by atoms with Gasteiger partial charge in [0.15, 0.2) is 0 Å². The second-order valence-electron chi connectivity index (χ2n) is 4.02. The zero-order chi connectivity index (χ0) is 12.0. The molecule has 0 aliphatic heterocycles. The van der Waals surface area contributed by atoms with Gasteiger partial charge in [-0.05, 0) is 48.4 Å². The Balaban J connectivity index is 3.19. The van der Waals surface area contributed by atoms with Gasteiger partial charge in [0.05, 0.1) is 0 Å². The van der Waals surface area contributed by atoms with E-state index < -0.39 is 0 Å². The normalized spacial score (nSPS) is 9.81. The summed E-state index contributed by atoms with van der Waals surface area (Å²) < 4.78 is 0. The van der Waals surface area contributed by atoms with Crippen LogP contribution in [0.4, 0.5) is 0 Å². The lowest BCUT2D eigenvalue weighted by Gasteiger charge is -2.12. The van der Waals surface area contributed by atoms with Crippen LogP contribution in [-0.2, 0) is 19.3 Å². The highest BCUT2D eigenvalue weighted by Crippen LogP contribution is 2.19. The lowest BCUT2D eigenvalue weighted by Crippen LogP contribution is -1.97. The summed E-state index contributed by atoms with van der Waals surface area (Å²) in [5.74, 6) is 0. The molecule has 1 rings (SSSR count). The predicted octanol–water partition coefficient (Wildman–Crippen LogP) is 4.18. The van der Waals surface area contributed by atoms with E-state index in [0.717, 1.165) is 19.3 Å². The molecular weight excluding hydrogens is 192 g/mol. The Morgan fingerprint density at radius 3 is 1.69 bits per heavy atom. The Hall–Kier alpha value is -1.56. The van der Waals surface area contributed by atoms with E-state index in [9.17, 15) is 0 Å². The maximum atomic E-state index is 3.81. The largest absolute Gasteiger partial charge is 0.103 e. The molecule has 84 valence electrons. The highest BCUT2D eigenvalue weighted by Gasteiger charge is 2.04. The van der Waals surface area contributed by atoms with Crippen molar-refractivity contribution >= 4 is 0 Å². The van der Waals surface area contributed by atoms with Crippen LogP contribution in [0.3, 0.4) is 0 Å². The van der Waals surface area contributed by atoms with E-state index in [0.29, 0.717) is 0 Å². The average molecular weight is 212 g/mol. The molecule has 0 bridgehead atoms. The third-order valence-corrected chi connectivity index (χ3v) is 2.79. The van der Waals surface area contributed by atoms with Crippen molar-refractivity contribution < 1.29 is 0 Å². The van der Waals surface area contributed by atoms with E-state index in [1.54, 1.807) is 0 Å². The van der Waals surface area contributed by atoms with Gasteiger partial charge in [-0.15, -0.1) is 19.7 Å². The molecule has 0 aromatic heterocycles. The Morgan fingerprint density at radius 1 is 0.875 bits per heavy atom. The molecule has 0 aliphatic rings. The van der Waals surface area contributed by atoms with E-state index >= 15 is 0 Å². The van der Waals surface area contributed by atoms with Crippen molar-refractivity contribution in [2.24, 2.45) is 0 Å². The van der Waals surface area contributed by atoms with Crippen molar-refractivity contribution in [2.45, 2.75) is 26.2 Å². The third kappa shape index (κ3) is 2.96. The van der Waals surface area contributed by atoms with Crippen LogP contribution in [0, 0.1) is 6.92 Å². The van der Waals surface area contributed by atoms with Gasteiger partial charge in [0.1, 0.15) is 0 Å². The van der Waals surface area contributed by atoms with Gasteiger partial charge in [0.2, 0.25) is 0 Å². The molecule has 0 aliphatic carbocycles. The Morgan fingerprint density at radius 2 is 1.31 bits per heavy atom. The first kappa shape index (κ1) is 12.5. The maximum absolute atomic E-state index is 3.81. The minimum absolute atomic E-state index is 0.925. The zero-order valence-corrected chi connectivity index (χ0v) is 10.1. The fourth-order valence-corrected chi connectivity index (χ4v) is 1.93. The molecule has 0 atom stereocenters. The van der Waals surface area contributed by atoms with Gasteiger partial charge in [-0.3, -0.25) is 0 Å². The summed E-state index contributed by atoms with van der Waals surface area (Å²) in [5.41, 5.74) is 5.43. The lowest BCUT2D eigenvalue weighted by molar-refractivity contribution is 1.10. The quantitative estimate of drug-likeness (QED) is 0.620. The summed E-state index contributed by atoms with van der Waals surface area (Å²) in [4.78, 5) is 0. The first-order valence-electron chi connectivity index (χ1n) is 5.66. The Bertz CT molecular complexity index is 365. The number of rotatable bonds is 6. The minimum Gasteiger partial charge on any atom is -0.103 e. The summed E-state index contributed by atoms with van der Waals surface area (Å²) in [5, 5.41) is 0. The van der Waals surface area contributed by atoms with Gasteiger partial charge in [-0.1, -0.05) is 30.4 Å². The first-order valence-corrected chi connectivity index (χ1v) is 5.66. The molecular formula is C16H20. The van der Waals surface area contributed by atoms with Crippen molar-refractivity contribution in [1.29, 1.82) is 0 Å². The summed E-state index contributed by atoms with van der Waals surface area (Å²) in [6.07, 6.45) is 8.64. The summed E-state index contributed by atoms with van der Waals surface area (Å²) in [7, 11) is 0. The van der Waals surface area contributed by atoms with Crippen LogP contribution in [0.15, 0.2) is 50.1 Å². The van der Waals surface area contributed by atoms with Crippen molar-refractivity contribution in [1.82, 2.24) is 0 Å². The van der Waals surface area contributed by atoms with Crippen molar-refractivity contribution in [3.8, 4) is 0 Å². The molecule has 16 heavy (non-hydrogen) atoms. The summed E-state index contributed by atoms with van der Waals surface area (Å²) >= 11 is 0. The van der Waals surface area contributed by atoms with Crippen LogP contribution < -0.4 is 0 Å². The Labute approximate surface area is 99.0 Å². The Kier molecular flexibility index (Phi) is 4.78. The number of benzene rings is 1. The predicted molar refractivity (Wildman–Crippen MR) is 72.9 cm³/mol. The molecule has 1 aromatic rings. The molecule has 0 saturated heterocycles. The molecule has 0 fully saturated rings. The molecule has 0 nitrogen and oxygen atoms in total. The smallest absolute Gasteiger partial charge is 0.00973 e. The van der Waals surface area contributed by atoms with Crippen LogP contribution in [0.5, 0.6) is 0 Å².